The third-order valence-electron chi connectivity index (χ3n) is 6.73. The summed E-state index contributed by atoms with van der Waals surface area (Å²) in [5.41, 5.74) is 2.39. The molecule has 36 heavy (non-hydrogen) atoms. The zero-order chi connectivity index (χ0) is 25.4. The van der Waals surface area contributed by atoms with Crippen molar-refractivity contribution in [2.24, 2.45) is 11.8 Å². The van der Waals surface area contributed by atoms with E-state index >= 15 is 0 Å². The summed E-state index contributed by atoms with van der Waals surface area (Å²) in [6, 6.07) is 9.22. The number of methoxy groups -OCH3 is 1. The zero-order valence-electron chi connectivity index (χ0n) is 19.4. The van der Waals surface area contributed by atoms with Crippen molar-refractivity contribution in [2.75, 3.05) is 33.3 Å². The Kier molecular flexibility index (Phi) is 6.19. The SMILES string of the molecule is COc1cc(CCC(=O)N2CC3CN(C(=O)c4ccc5n[nH]nc5c4)CC3C2)cc(OC(F)(F)F)c1. The van der Waals surface area contributed by atoms with Gasteiger partial charge in [0, 0.05) is 56.1 Å². The molecule has 2 amide bonds. The van der Waals surface area contributed by atoms with Crippen LogP contribution in [0.5, 0.6) is 11.5 Å². The largest absolute Gasteiger partial charge is 0.573 e. The Morgan fingerprint density at radius 2 is 1.64 bits per heavy atom. The number of likely N-dealkylation sites (tertiary alicyclic amines) is 2. The molecule has 2 fully saturated rings. The van der Waals surface area contributed by atoms with Crippen molar-refractivity contribution in [3.63, 3.8) is 0 Å². The summed E-state index contributed by atoms with van der Waals surface area (Å²) in [6.07, 6.45) is -4.41. The highest BCUT2D eigenvalue weighted by Crippen LogP contribution is 2.33. The highest BCUT2D eigenvalue weighted by molar-refractivity contribution is 5.97. The molecule has 2 aliphatic heterocycles. The van der Waals surface area contributed by atoms with Gasteiger partial charge in [-0.2, -0.15) is 15.4 Å². The Morgan fingerprint density at radius 3 is 2.33 bits per heavy atom. The number of amides is 2. The number of nitrogens with one attached hydrogen (secondary N) is 1. The quantitative estimate of drug-likeness (QED) is 0.555. The molecule has 190 valence electrons. The lowest BCUT2D eigenvalue weighted by atomic mass is 10.0. The van der Waals surface area contributed by atoms with E-state index < -0.39 is 6.36 Å². The van der Waals surface area contributed by atoms with E-state index in [0.717, 1.165) is 6.07 Å². The van der Waals surface area contributed by atoms with Crippen LogP contribution in [0.4, 0.5) is 13.2 Å². The van der Waals surface area contributed by atoms with Crippen LogP contribution in [0.1, 0.15) is 22.3 Å². The summed E-state index contributed by atoms with van der Waals surface area (Å²) in [7, 11) is 1.35. The van der Waals surface area contributed by atoms with Crippen LogP contribution in [0, 0.1) is 11.8 Å². The normalized spacial score (nSPS) is 19.6. The first-order valence-electron chi connectivity index (χ1n) is 11.5. The Labute approximate surface area is 204 Å². The van der Waals surface area contributed by atoms with Crippen LogP contribution in [0.15, 0.2) is 36.4 Å². The van der Waals surface area contributed by atoms with Gasteiger partial charge in [0.15, 0.2) is 0 Å². The number of aromatic nitrogens is 3. The van der Waals surface area contributed by atoms with Crippen LogP contribution in [0.2, 0.25) is 0 Å². The Morgan fingerprint density at radius 1 is 0.972 bits per heavy atom. The highest BCUT2D eigenvalue weighted by atomic mass is 19.4. The number of H-pyrrole nitrogens is 1. The molecule has 1 N–H and O–H groups in total. The number of benzene rings is 2. The molecule has 2 unspecified atom stereocenters. The molecule has 0 spiro atoms. The lowest BCUT2D eigenvalue weighted by molar-refractivity contribution is -0.274. The van der Waals surface area contributed by atoms with Crippen LogP contribution in [-0.4, -0.2) is 76.7 Å². The van der Waals surface area contributed by atoms with Gasteiger partial charge in [0.25, 0.3) is 5.91 Å². The molecule has 1 aromatic heterocycles. The number of ether oxygens (including phenoxy) is 2. The number of carbonyl (C=O) groups is 2. The maximum Gasteiger partial charge on any atom is 0.573 e. The molecule has 12 heteroatoms. The monoisotopic (exact) mass is 503 g/mol. The first-order valence-corrected chi connectivity index (χ1v) is 11.5. The van der Waals surface area contributed by atoms with Gasteiger partial charge in [-0.05, 0) is 42.3 Å². The number of aryl methyl sites for hydroxylation is 1. The van der Waals surface area contributed by atoms with Gasteiger partial charge in [0.05, 0.1) is 7.11 Å². The van der Waals surface area contributed by atoms with Gasteiger partial charge in [0.1, 0.15) is 22.5 Å². The molecular weight excluding hydrogens is 479 g/mol. The van der Waals surface area contributed by atoms with Crippen LogP contribution < -0.4 is 9.47 Å². The molecular formula is C24H24F3N5O4. The summed E-state index contributed by atoms with van der Waals surface area (Å²) >= 11 is 0. The number of fused-ring (bicyclic) bond motifs is 2. The van der Waals surface area contributed by atoms with Gasteiger partial charge in [-0.3, -0.25) is 9.59 Å². The van der Waals surface area contributed by atoms with E-state index in [1.54, 1.807) is 29.2 Å². The van der Waals surface area contributed by atoms with E-state index in [9.17, 15) is 22.8 Å². The Bertz CT molecular complexity index is 1280. The van der Waals surface area contributed by atoms with Crippen molar-refractivity contribution < 1.29 is 32.2 Å². The summed E-state index contributed by atoms with van der Waals surface area (Å²) in [5, 5.41) is 10.6. The maximum absolute atomic E-state index is 13.0. The fourth-order valence-electron chi connectivity index (χ4n) is 5.01. The summed E-state index contributed by atoms with van der Waals surface area (Å²) < 4.78 is 46.9. The number of carbonyl (C=O) groups excluding carboxylic acids is 2. The third kappa shape index (κ3) is 5.07. The minimum Gasteiger partial charge on any atom is -0.497 e. The number of hydrogen-bond acceptors (Lipinski definition) is 6. The second kappa shape index (κ2) is 9.32. The lowest BCUT2D eigenvalue weighted by Gasteiger charge is -2.22. The van der Waals surface area contributed by atoms with E-state index in [-0.39, 0.29) is 48.0 Å². The van der Waals surface area contributed by atoms with Gasteiger partial charge in [-0.25, -0.2) is 0 Å². The second-order valence-electron chi connectivity index (χ2n) is 9.12. The Balaban J connectivity index is 1.15. The molecule has 2 saturated heterocycles. The topological polar surface area (TPSA) is 101 Å². The first kappa shape index (κ1) is 23.9. The number of aromatic amines is 1. The molecule has 3 heterocycles. The van der Waals surface area contributed by atoms with Gasteiger partial charge >= 0.3 is 6.36 Å². The molecule has 2 aromatic carbocycles. The first-order chi connectivity index (χ1) is 17.2. The molecule has 0 radical (unpaired) electrons. The van der Waals surface area contributed by atoms with E-state index in [4.69, 9.17) is 4.74 Å². The van der Waals surface area contributed by atoms with Crippen LogP contribution in [-0.2, 0) is 11.2 Å². The van der Waals surface area contributed by atoms with Crippen molar-refractivity contribution in [3.05, 3.63) is 47.5 Å². The summed E-state index contributed by atoms with van der Waals surface area (Å²) in [6.45, 7) is 2.24. The second-order valence-corrected chi connectivity index (χ2v) is 9.12. The van der Waals surface area contributed by atoms with Gasteiger partial charge < -0.3 is 19.3 Å². The molecule has 0 saturated carbocycles. The van der Waals surface area contributed by atoms with Crippen molar-refractivity contribution >= 4 is 22.8 Å². The van der Waals surface area contributed by atoms with Crippen LogP contribution >= 0.6 is 0 Å². The fourth-order valence-corrected chi connectivity index (χ4v) is 5.01. The summed E-state index contributed by atoms with van der Waals surface area (Å²) in [4.78, 5) is 29.4. The smallest absolute Gasteiger partial charge is 0.497 e. The van der Waals surface area contributed by atoms with Crippen molar-refractivity contribution in [1.29, 1.82) is 0 Å². The molecule has 3 aromatic rings. The average molecular weight is 503 g/mol. The minimum atomic E-state index is -4.81. The van der Waals surface area contributed by atoms with Crippen molar-refractivity contribution in [1.82, 2.24) is 25.2 Å². The zero-order valence-corrected chi connectivity index (χ0v) is 19.4. The standard InChI is InChI=1S/C24H24F3N5O4/c1-35-18-6-14(7-19(9-18)36-24(25,26)27)2-5-22(33)31-10-16-12-32(13-17(16)11-31)23(34)15-3-4-20-21(8-15)29-30-28-20/h3-4,6-9,16-17H,2,5,10-13H2,1H3,(H,28,29,30). The predicted octanol–water partition coefficient (Wildman–Crippen LogP) is 3.03. The van der Waals surface area contributed by atoms with Crippen molar-refractivity contribution in [3.8, 4) is 11.5 Å². The molecule has 0 bridgehead atoms. The van der Waals surface area contributed by atoms with Crippen LogP contribution in [0.25, 0.3) is 11.0 Å². The number of halogens is 3. The predicted molar refractivity (Wildman–Crippen MR) is 121 cm³/mol. The summed E-state index contributed by atoms with van der Waals surface area (Å²) in [5.74, 6) is 0.0892. The number of hydrogen-bond donors (Lipinski definition) is 1. The van der Waals surface area contributed by atoms with Crippen LogP contribution in [0.3, 0.4) is 0 Å². The Hall–Kier alpha value is -3.83. The van der Waals surface area contributed by atoms with E-state index in [0.29, 0.717) is 48.3 Å². The number of alkyl halides is 3. The van der Waals surface area contributed by atoms with Crippen molar-refractivity contribution in [2.45, 2.75) is 19.2 Å². The van der Waals surface area contributed by atoms with E-state index in [2.05, 4.69) is 20.1 Å². The number of rotatable bonds is 6. The molecule has 2 aliphatic rings. The average Bonchev–Trinajstić information content (AvgIpc) is 3.55. The van der Waals surface area contributed by atoms with Gasteiger partial charge in [-0.15, -0.1) is 13.2 Å². The molecule has 0 aliphatic carbocycles. The molecule has 5 rings (SSSR count). The lowest BCUT2D eigenvalue weighted by Crippen LogP contribution is -2.35. The van der Waals surface area contributed by atoms with Gasteiger partial charge in [0.2, 0.25) is 5.91 Å². The minimum absolute atomic E-state index is 0.0675. The van der Waals surface area contributed by atoms with E-state index in [1.807, 2.05) is 4.90 Å². The maximum atomic E-state index is 13.0. The van der Waals surface area contributed by atoms with Gasteiger partial charge in [-0.1, -0.05) is 0 Å². The highest BCUT2D eigenvalue weighted by Gasteiger charge is 2.43. The third-order valence-corrected chi connectivity index (χ3v) is 6.73. The molecule has 9 nitrogen and oxygen atoms in total. The number of nitrogens with zero attached hydrogens (tertiary/aromatic N) is 4. The molecule has 2 atom stereocenters. The fraction of sp³-hybridized carbons (Fsp3) is 0.417. The van der Waals surface area contributed by atoms with E-state index in [1.165, 1.54) is 13.2 Å².